The number of hydrogen-bond acceptors (Lipinski definition) is 6. The second kappa shape index (κ2) is 5.80. The number of anilines is 1. The van der Waals surface area contributed by atoms with Crippen molar-refractivity contribution in [1.29, 1.82) is 0 Å². The van der Waals surface area contributed by atoms with Gasteiger partial charge in [0.2, 0.25) is 10.0 Å². The number of nitrogens with zero attached hydrogens (tertiary/aromatic N) is 1. The third kappa shape index (κ3) is 3.38. The Morgan fingerprint density at radius 2 is 2.10 bits per heavy atom. The van der Waals surface area contributed by atoms with Crippen LogP contribution >= 0.6 is 11.3 Å². The Labute approximate surface area is 125 Å². The number of nitrogen functional groups attached to an aromatic ring is 1. The van der Waals surface area contributed by atoms with Gasteiger partial charge in [-0.3, -0.25) is 10.1 Å². The van der Waals surface area contributed by atoms with Crippen LogP contribution in [0.15, 0.2) is 39.9 Å². The van der Waals surface area contributed by atoms with E-state index in [0.29, 0.717) is 0 Å². The minimum absolute atomic E-state index is 0.0789. The van der Waals surface area contributed by atoms with Gasteiger partial charge in [-0.15, -0.1) is 0 Å². The van der Waals surface area contributed by atoms with E-state index in [4.69, 9.17) is 5.73 Å². The molecule has 1 aromatic heterocycles. The van der Waals surface area contributed by atoms with Gasteiger partial charge >= 0.3 is 0 Å². The molecule has 2 aromatic rings. The molecule has 1 aromatic carbocycles. The highest BCUT2D eigenvalue weighted by atomic mass is 32.2. The highest BCUT2D eigenvalue weighted by Crippen LogP contribution is 2.26. The Morgan fingerprint density at radius 3 is 2.67 bits per heavy atom. The average molecular weight is 327 g/mol. The van der Waals surface area contributed by atoms with Crippen LogP contribution in [0.3, 0.4) is 0 Å². The van der Waals surface area contributed by atoms with Crippen molar-refractivity contribution in [2.75, 3.05) is 5.73 Å². The van der Waals surface area contributed by atoms with Crippen molar-refractivity contribution in [2.24, 2.45) is 0 Å². The van der Waals surface area contributed by atoms with Crippen molar-refractivity contribution in [3.05, 3.63) is 50.7 Å². The quantitative estimate of drug-likeness (QED) is 0.496. The fourth-order valence-corrected chi connectivity index (χ4v) is 3.74. The Bertz CT molecular complexity index is 757. The summed E-state index contributed by atoms with van der Waals surface area (Å²) in [7, 11) is -3.86. The predicted octanol–water partition coefficient (Wildman–Crippen LogP) is 2.28. The number of benzene rings is 1. The Balaban J connectivity index is 2.32. The van der Waals surface area contributed by atoms with Gasteiger partial charge in [0.05, 0.1) is 9.82 Å². The molecular weight excluding hydrogens is 314 g/mol. The zero-order chi connectivity index (χ0) is 15.6. The SMILES string of the molecule is CC(NS(=O)(=O)c1ccc(N)c([N+](=O)[O-])c1)c1ccsc1. The number of thiophene rings is 1. The highest BCUT2D eigenvalue weighted by molar-refractivity contribution is 7.89. The molecule has 0 saturated heterocycles. The standard InChI is InChI=1S/C12H13N3O4S2/c1-8(9-4-5-20-7-9)14-21(18,19)10-2-3-11(13)12(6-10)15(16)17/h2-8,14H,13H2,1H3. The van der Waals surface area contributed by atoms with E-state index >= 15 is 0 Å². The average Bonchev–Trinajstić information content (AvgIpc) is 2.92. The lowest BCUT2D eigenvalue weighted by atomic mass is 10.2. The normalized spacial score (nSPS) is 13.0. The number of nitrogens with two attached hydrogens (primary N) is 1. The van der Waals surface area contributed by atoms with Gasteiger partial charge in [-0.05, 0) is 41.4 Å². The molecule has 0 aliphatic rings. The lowest BCUT2D eigenvalue weighted by molar-refractivity contribution is -0.384. The first-order valence-electron chi connectivity index (χ1n) is 5.89. The van der Waals surface area contributed by atoms with Gasteiger partial charge in [-0.2, -0.15) is 11.3 Å². The van der Waals surface area contributed by atoms with Crippen LogP contribution in [0.4, 0.5) is 11.4 Å². The monoisotopic (exact) mass is 327 g/mol. The van der Waals surface area contributed by atoms with Gasteiger partial charge in [0, 0.05) is 12.1 Å². The van der Waals surface area contributed by atoms with Crippen molar-refractivity contribution in [3.8, 4) is 0 Å². The summed E-state index contributed by atoms with van der Waals surface area (Å²) in [5.41, 5.74) is 5.78. The van der Waals surface area contributed by atoms with Crippen LogP contribution in [0, 0.1) is 10.1 Å². The summed E-state index contributed by atoms with van der Waals surface area (Å²) in [6.07, 6.45) is 0. The van der Waals surface area contributed by atoms with Crippen LogP contribution < -0.4 is 10.5 Å². The van der Waals surface area contributed by atoms with Crippen molar-refractivity contribution in [3.63, 3.8) is 0 Å². The fourth-order valence-electron chi connectivity index (χ4n) is 1.74. The summed E-state index contributed by atoms with van der Waals surface area (Å²) in [5, 5.41) is 14.5. The third-order valence-corrected chi connectivity index (χ3v) is 5.12. The third-order valence-electron chi connectivity index (χ3n) is 2.88. The second-order valence-corrected chi connectivity index (χ2v) is 6.87. The number of sulfonamides is 1. The molecule has 21 heavy (non-hydrogen) atoms. The number of nitro benzene ring substituents is 1. The van der Waals surface area contributed by atoms with Crippen LogP contribution in [0.25, 0.3) is 0 Å². The van der Waals surface area contributed by atoms with Crippen LogP contribution in [0.5, 0.6) is 0 Å². The topological polar surface area (TPSA) is 115 Å². The first-order chi connectivity index (χ1) is 9.81. The minimum Gasteiger partial charge on any atom is -0.393 e. The van der Waals surface area contributed by atoms with E-state index in [9.17, 15) is 18.5 Å². The number of nitrogens with one attached hydrogen (secondary N) is 1. The fraction of sp³-hybridized carbons (Fsp3) is 0.167. The van der Waals surface area contributed by atoms with E-state index < -0.39 is 26.7 Å². The second-order valence-electron chi connectivity index (χ2n) is 4.38. The van der Waals surface area contributed by atoms with E-state index in [1.165, 1.54) is 23.5 Å². The first kappa shape index (κ1) is 15.4. The van der Waals surface area contributed by atoms with Gasteiger partial charge in [-0.25, -0.2) is 13.1 Å². The number of rotatable bonds is 5. The van der Waals surface area contributed by atoms with E-state index in [1.54, 1.807) is 6.92 Å². The summed E-state index contributed by atoms with van der Waals surface area (Å²) in [6, 6.07) is 4.78. The maximum atomic E-state index is 12.3. The molecular formula is C12H13N3O4S2. The molecule has 9 heteroatoms. The molecule has 0 aliphatic heterocycles. The van der Waals surface area contributed by atoms with Crippen molar-refractivity contribution in [2.45, 2.75) is 17.9 Å². The Morgan fingerprint density at radius 1 is 1.38 bits per heavy atom. The largest absolute Gasteiger partial charge is 0.393 e. The maximum absolute atomic E-state index is 12.3. The lowest BCUT2D eigenvalue weighted by Gasteiger charge is -2.13. The van der Waals surface area contributed by atoms with Gasteiger partial charge in [-0.1, -0.05) is 0 Å². The predicted molar refractivity (Wildman–Crippen MR) is 80.6 cm³/mol. The number of nitro groups is 1. The Hall–Kier alpha value is -1.97. The zero-order valence-corrected chi connectivity index (χ0v) is 12.6. The molecule has 3 N–H and O–H groups in total. The molecule has 1 heterocycles. The lowest BCUT2D eigenvalue weighted by Crippen LogP contribution is -2.26. The van der Waals surface area contributed by atoms with E-state index in [0.717, 1.165) is 11.6 Å². The highest BCUT2D eigenvalue weighted by Gasteiger charge is 2.22. The van der Waals surface area contributed by atoms with Gasteiger partial charge < -0.3 is 5.73 Å². The molecule has 7 nitrogen and oxygen atoms in total. The van der Waals surface area contributed by atoms with E-state index in [1.807, 2.05) is 16.8 Å². The molecule has 2 rings (SSSR count). The van der Waals surface area contributed by atoms with E-state index in [2.05, 4.69) is 4.72 Å². The summed E-state index contributed by atoms with van der Waals surface area (Å²) in [4.78, 5) is 9.92. The van der Waals surface area contributed by atoms with Gasteiger partial charge in [0.1, 0.15) is 5.69 Å². The van der Waals surface area contributed by atoms with Crippen LogP contribution in [0.2, 0.25) is 0 Å². The molecule has 1 atom stereocenters. The minimum atomic E-state index is -3.86. The molecule has 0 amide bonds. The molecule has 0 saturated carbocycles. The van der Waals surface area contributed by atoms with Crippen molar-refractivity contribution >= 4 is 32.7 Å². The number of hydrogen-bond donors (Lipinski definition) is 2. The van der Waals surface area contributed by atoms with E-state index in [-0.39, 0.29) is 10.6 Å². The van der Waals surface area contributed by atoms with Gasteiger partial charge in [0.15, 0.2) is 0 Å². The molecule has 0 aliphatic carbocycles. The summed E-state index contributed by atoms with van der Waals surface area (Å²) in [6.45, 7) is 1.70. The maximum Gasteiger partial charge on any atom is 0.293 e. The first-order valence-corrected chi connectivity index (χ1v) is 8.32. The molecule has 112 valence electrons. The zero-order valence-electron chi connectivity index (χ0n) is 11.0. The van der Waals surface area contributed by atoms with Crippen LogP contribution in [-0.4, -0.2) is 13.3 Å². The Kier molecular flexibility index (Phi) is 4.26. The molecule has 0 bridgehead atoms. The molecule has 0 spiro atoms. The molecule has 0 radical (unpaired) electrons. The summed E-state index contributed by atoms with van der Waals surface area (Å²) < 4.78 is 27.0. The summed E-state index contributed by atoms with van der Waals surface area (Å²) >= 11 is 1.46. The van der Waals surface area contributed by atoms with Gasteiger partial charge in [0.25, 0.3) is 5.69 Å². The smallest absolute Gasteiger partial charge is 0.293 e. The van der Waals surface area contributed by atoms with Crippen molar-refractivity contribution < 1.29 is 13.3 Å². The molecule has 1 unspecified atom stereocenters. The summed E-state index contributed by atoms with van der Waals surface area (Å²) in [5.74, 6) is 0. The van der Waals surface area contributed by atoms with Crippen LogP contribution in [0.1, 0.15) is 18.5 Å². The van der Waals surface area contributed by atoms with Crippen LogP contribution in [-0.2, 0) is 10.0 Å². The van der Waals surface area contributed by atoms with Crippen molar-refractivity contribution in [1.82, 2.24) is 4.72 Å². The molecule has 0 fully saturated rings.